The highest BCUT2D eigenvalue weighted by Crippen LogP contribution is 2.36. The van der Waals surface area contributed by atoms with Gasteiger partial charge in [0.05, 0.1) is 13.1 Å². The SMILES string of the molecule is CCNC(=NCC1(O)CCc2ccccc21)N1CCN(CC(=O)NC2CC2)CC1. The van der Waals surface area contributed by atoms with E-state index in [-0.39, 0.29) is 5.91 Å². The molecule has 3 N–H and O–H groups in total. The number of nitrogens with zero attached hydrogens (tertiary/aromatic N) is 3. The molecule has 158 valence electrons. The van der Waals surface area contributed by atoms with Gasteiger partial charge in [-0.1, -0.05) is 24.3 Å². The molecule has 2 aliphatic carbocycles. The van der Waals surface area contributed by atoms with E-state index in [1.54, 1.807) is 0 Å². The molecule has 0 radical (unpaired) electrons. The molecule has 0 spiro atoms. The van der Waals surface area contributed by atoms with E-state index in [2.05, 4.69) is 33.4 Å². The normalized spacial score (nSPS) is 25.0. The maximum Gasteiger partial charge on any atom is 0.234 e. The number of aliphatic hydroxyl groups is 1. The number of rotatable bonds is 6. The Morgan fingerprint density at radius 2 is 2.00 bits per heavy atom. The van der Waals surface area contributed by atoms with Crippen LogP contribution in [0.25, 0.3) is 0 Å². The van der Waals surface area contributed by atoms with Crippen molar-refractivity contribution in [3.05, 3.63) is 35.4 Å². The summed E-state index contributed by atoms with van der Waals surface area (Å²) in [4.78, 5) is 21.3. The van der Waals surface area contributed by atoms with Gasteiger partial charge in [-0.05, 0) is 43.7 Å². The Bertz CT molecular complexity index is 755. The summed E-state index contributed by atoms with van der Waals surface area (Å²) in [6, 6.07) is 8.56. The van der Waals surface area contributed by atoms with Crippen molar-refractivity contribution in [1.82, 2.24) is 20.4 Å². The lowest BCUT2D eigenvalue weighted by Gasteiger charge is -2.36. The van der Waals surface area contributed by atoms with E-state index < -0.39 is 5.60 Å². The summed E-state index contributed by atoms with van der Waals surface area (Å²) in [5, 5.41) is 17.6. The number of aryl methyl sites for hydroxylation is 1. The number of guanidine groups is 1. The van der Waals surface area contributed by atoms with E-state index in [1.165, 1.54) is 5.56 Å². The van der Waals surface area contributed by atoms with Crippen LogP contribution in [0.15, 0.2) is 29.3 Å². The summed E-state index contributed by atoms with van der Waals surface area (Å²) in [6.07, 6.45) is 3.87. The van der Waals surface area contributed by atoms with E-state index in [0.717, 1.165) is 69.9 Å². The number of hydrogen-bond donors (Lipinski definition) is 3. The second-order valence-corrected chi connectivity index (χ2v) is 8.46. The van der Waals surface area contributed by atoms with Crippen molar-refractivity contribution in [1.29, 1.82) is 0 Å². The van der Waals surface area contributed by atoms with Crippen LogP contribution in [-0.2, 0) is 16.8 Å². The maximum atomic E-state index is 12.0. The van der Waals surface area contributed by atoms with Gasteiger partial charge in [0.2, 0.25) is 5.91 Å². The summed E-state index contributed by atoms with van der Waals surface area (Å²) in [7, 11) is 0. The van der Waals surface area contributed by atoms with Gasteiger partial charge in [0.1, 0.15) is 5.60 Å². The third-order valence-electron chi connectivity index (χ3n) is 6.13. The smallest absolute Gasteiger partial charge is 0.234 e. The van der Waals surface area contributed by atoms with Crippen LogP contribution >= 0.6 is 0 Å². The zero-order valence-corrected chi connectivity index (χ0v) is 17.4. The van der Waals surface area contributed by atoms with Gasteiger partial charge in [-0.15, -0.1) is 0 Å². The molecule has 29 heavy (non-hydrogen) atoms. The van der Waals surface area contributed by atoms with Gasteiger partial charge in [0.15, 0.2) is 5.96 Å². The van der Waals surface area contributed by atoms with Gasteiger partial charge in [-0.2, -0.15) is 0 Å². The lowest BCUT2D eigenvalue weighted by Crippen LogP contribution is -2.54. The number of carbonyl (C=O) groups excluding carboxylic acids is 1. The Kier molecular flexibility index (Phi) is 6.06. The van der Waals surface area contributed by atoms with Gasteiger partial charge in [0, 0.05) is 38.8 Å². The number of amides is 1. The molecule has 2 fully saturated rings. The molecule has 1 aromatic carbocycles. The topological polar surface area (TPSA) is 80.2 Å². The quantitative estimate of drug-likeness (QED) is 0.484. The zero-order valence-electron chi connectivity index (χ0n) is 17.4. The van der Waals surface area contributed by atoms with Crippen molar-refractivity contribution in [2.45, 2.75) is 44.2 Å². The lowest BCUT2D eigenvalue weighted by atomic mass is 9.96. The minimum atomic E-state index is -0.875. The Morgan fingerprint density at radius 1 is 1.24 bits per heavy atom. The lowest BCUT2D eigenvalue weighted by molar-refractivity contribution is -0.122. The van der Waals surface area contributed by atoms with Crippen molar-refractivity contribution in [3.8, 4) is 0 Å². The second-order valence-electron chi connectivity index (χ2n) is 8.46. The molecule has 3 aliphatic rings. The third kappa shape index (κ3) is 4.90. The molecule has 1 saturated carbocycles. The molecule has 1 aromatic rings. The minimum Gasteiger partial charge on any atom is -0.383 e. The molecule has 1 heterocycles. The molecule has 1 atom stereocenters. The van der Waals surface area contributed by atoms with Crippen LogP contribution in [-0.4, -0.2) is 78.6 Å². The molecule has 1 saturated heterocycles. The van der Waals surface area contributed by atoms with Crippen LogP contribution < -0.4 is 10.6 Å². The van der Waals surface area contributed by atoms with E-state index in [0.29, 0.717) is 19.1 Å². The van der Waals surface area contributed by atoms with Crippen LogP contribution in [0, 0.1) is 0 Å². The molecule has 1 aliphatic heterocycles. The number of aliphatic imine (C=N–C) groups is 1. The van der Waals surface area contributed by atoms with Crippen molar-refractivity contribution in [3.63, 3.8) is 0 Å². The molecule has 4 rings (SSSR count). The van der Waals surface area contributed by atoms with Gasteiger partial charge in [-0.3, -0.25) is 9.69 Å². The monoisotopic (exact) mass is 399 g/mol. The van der Waals surface area contributed by atoms with Crippen molar-refractivity contribution < 1.29 is 9.90 Å². The van der Waals surface area contributed by atoms with Gasteiger partial charge in [-0.25, -0.2) is 4.99 Å². The fraction of sp³-hybridized carbons (Fsp3) is 0.636. The highest BCUT2D eigenvalue weighted by atomic mass is 16.3. The molecular weight excluding hydrogens is 366 g/mol. The second kappa shape index (κ2) is 8.71. The van der Waals surface area contributed by atoms with Crippen LogP contribution in [0.3, 0.4) is 0 Å². The standard InChI is InChI=1S/C22H33N5O2/c1-2-23-21(24-16-22(29)10-9-17-5-3-4-6-19(17)22)27-13-11-26(12-14-27)15-20(28)25-18-7-8-18/h3-6,18,29H,2,7-16H2,1H3,(H,23,24)(H,25,28). The molecule has 1 amide bonds. The molecule has 7 nitrogen and oxygen atoms in total. The van der Waals surface area contributed by atoms with Crippen LogP contribution in [0.2, 0.25) is 0 Å². The van der Waals surface area contributed by atoms with E-state index in [9.17, 15) is 9.90 Å². The van der Waals surface area contributed by atoms with Gasteiger partial charge < -0.3 is 20.6 Å². The van der Waals surface area contributed by atoms with E-state index in [4.69, 9.17) is 4.99 Å². The number of fused-ring (bicyclic) bond motifs is 1. The molecule has 1 unspecified atom stereocenters. The first-order chi connectivity index (χ1) is 14.1. The van der Waals surface area contributed by atoms with Crippen molar-refractivity contribution in [2.75, 3.05) is 45.8 Å². The fourth-order valence-electron chi connectivity index (χ4n) is 4.29. The number of hydrogen-bond acceptors (Lipinski definition) is 4. The van der Waals surface area contributed by atoms with Gasteiger partial charge in [0.25, 0.3) is 0 Å². The fourth-order valence-corrected chi connectivity index (χ4v) is 4.29. The summed E-state index contributed by atoms with van der Waals surface area (Å²) >= 11 is 0. The minimum absolute atomic E-state index is 0.142. The Morgan fingerprint density at radius 3 is 2.72 bits per heavy atom. The van der Waals surface area contributed by atoms with E-state index >= 15 is 0 Å². The van der Waals surface area contributed by atoms with Crippen LogP contribution in [0.1, 0.15) is 37.3 Å². The van der Waals surface area contributed by atoms with E-state index in [1.807, 2.05) is 18.2 Å². The van der Waals surface area contributed by atoms with Crippen molar-refractivity contribution in [2.24, 2.45) is 4.99 Å². The number of nitrogens with one attached hydrogen (secondary N) is 2. The van der Waals surface area contributed by atoms with Crippen LogP contribution in [0.4, 0.5) is 0 Å². The summed E-state index contributed by atoms with van der Waals surface area (Å²) in [6.45, 7) is 7.05. The first-order valence-electron chi connectivity index (χ1n) is 10.9. The number of benzene rings is 1. The molecule has 0 aromatic heterocycles. The van der Waals surface area contributed by atoms with Gasteiger partial charge >= 0.3 is 0 Å². The summed E-state index contributed by atoms with van der Waals surface area (Å²) < 4.78 is 0. The Labute approximate surface area is 173 Å². The zero-order chi connectivity index (χ0) is 20.3. The molecule has 0 bridgehead atoms. The Balaban J connectivity index is 1.34. The number of piperazine rings is 1. The molecule has 7 heteroatoms. The average molecular weight is 400 g/mol. The summed E-state index contributed by atoms with van der Waals surface area (Å²) in [5.74, 6) is 0.996. The highest BCUT2D eigenvalue weighted by Gasteiger charge is 2.36. The summed E-state index contributed by atoms with van der Waals surface area (Å²) in [5.41, 5.74) is 1.37. The molecular formula is C22H33N5O2. The van der Waals surface area contributed by atoms with Crippen molar-refractivity contribution >= 4 is 11.9 Å². The first-order valence-corrected chi connectivity index (χ1v) is 10.9. The predicted molar refractivity (Wildman–Crippen MR) is 114 cm³/mol. The maximum absolute atomic E-state index is 12.0. The Hall–Kier alpha value is -2.12. The largest absolute Gasteiger partial charge is 0.383 e. The third-order valence-corrected chi connectivity index (χ3v) is 6.13. The average Bonchev–Trinajstić information content (AvgIpc) is 3.48. The highest BCUT2D eigenvalue weighted by molar-refractivity contribution is 5.80. The van der Waals surface area contributed by atoms with Crippen LogP contribution in [0.5, 0.6) is 0 Å². The first kappa shape index (κ1) is 20.2. The number of carbonyl (C=O) groups is 1. The predicted octanol–water partition coefficient (Wildman–Crippen LogP) is 0.682.